The van der Waals surface area contributed by atoms with E-state index in [1.807, 2.05) is 0 Å². The maximum atomic E-state index is 12.9. The van der Waals surface area contributed by atoms with Gasteiger partial charge in [0.25, 0.3) is 0 Å². The van der Waals surface area contributed by atoms with E-state index in [1.165, 1.54) is 244 Å². The molecule has 0 aromatic rings. The molecular weight excluding hydrogens is 973 g/mol. The Hall–Kier alpha value is -2.89. The van der Waals surface area contributed by atoms with Crippen molar-refractivity contribution in [3.63, 3.8) is 0 Å². The second-order valence-electron chi connectivity index (χ2n) is 23.4. The first kappa shape index (κ1) is 76.1. The van der Waals surface area contributed by atoms with E-state index in [1.54, 1.807) is 0 Å². The van der Waals surface area contributed by atoms with Crippen molar-refractivity contribution in [2.45, 2.75) is 374 Å². The highest BCUT2D eigenvalue weighted by Gasteiger charge is 2.19. The summed E-state index contributed by atoms with van der Waals surface area (Å²) in [6.07, 6.45) is 87.2. The number of esters is 3. The number of hydrogen-bond acceptors (Lipinski definition) is 6. The Morgan fingerprint density at radius 3 is 0.785 bits per heavy atom. The lowest BCUT2D eigenvalue weighted by atomic mass is 10.0. The van der Waals surface area contributed by atoms with Crippen LogP contribution in [0.3, 0.4) is 0 Å². The number of hydrogen-bond donors (Lipinski definition) is 0. The van der Waals surface area contributed by atoms with Crippen LogP contribution in [0.5, 0.6) is 0 Å². The maximum Gasteiger partial charge on any atom is 0.306 e. The maximum absolute atomic E-state index is 12.9. The standard InChI is InChI=1S/C73H132O6/c1-4-7-10-13-16-18-20-22-24-26-28-29-30-31-32-33-34-35-36-37-38-39-40-41-42-43-45-46-48-50-52-54-57-60-63-66-72(75)78-69-70(68-77-71(74)65-62-59-56-15-12-9-6-3)79-73(76)67-64-61-58-55-53-51-49-47-44-27-25-23-21-19-17-14-11-8-5-2/h7,10,16,18,22-25,28-29,70H,4-6,8-9,11-15,17,19-21,26-27,30-69H2,1-3H3/b10-7-,18-16-,24-22-,25-23-,29-28-. The topological polar surface area (TPSA) is 78.9 Å². The summed E-state index contributed by atoms with van der Waals surface area (Å²) in [5.74, 6) is -0.856. The summed E-state index contributed by atoms with van der Waals surface area (Å²) in [6, 6.07) is 0. The Kier molecular flexibility index (Phi) is 65.1. The lowest BCUT2D eigenvalue weighted by molar-refractivity contribution is -0.167. The van der Waals surface area contributed by atoms with Gasteiger partial charge in [-0.25, -0.2) is 0 Å². The van der Waals surface area contributed by atoms with Crippen LogP contribution in [0.4, 0.5) is 0 Å². The molecule has 0 amide bonds. The minimum atomic E-state index is -0.769. The van der Waals surface area contributed by atoms with E-state index < -0.39 is 6.10 Å². The van der Waals surface area contributed by atoms with Gasteiger partial charge in [-0.2, -0.15) is 0 Å². The van der Waals surface area contributed by atoms with Crippen LogP contribution in [-0.4, -0.2) is 37.2 Å². The van der Waals surface area contributed by atoms with Crippen molar-refractivity contribution >= 4 is 17.9 Å². The third-order valence-corrected chi connectivity index (χ3v) is 15.5. The van der Waals surface area contributed by atoms with Crippen LogP contribution in [0.15, 0.2) is 60.8 Å². The monoisotopic (exact) mass is 1110 g/mol. The van der Waals surface area contributed by atoms with E-state index >= 15 is 0 Å². The minimum absolute atomic E-state index is 0.0688. The van der Waals surface area contributed by atoms with E-state index in [4.69, 9.17) is 14.2 Å². The molecule has 0 aliphatic rings. The second kappa shape index (κ2) is 67.6. The Morgan fingerprint density at radius 2 is 0.494 bits per heavy atom. The summed E-state index contributed by atoms with van der Waals surface area (Å²) >= 11 is 0. The number of carbonyl (C=O) groups is 3. The number of unbranched alkanes of at least 4 members (excludes halogenated alkanes) is 43. The highest BCUT2D eigenvalue weighted by Crippen LogP contribution is 2.18. The molecule has 0 fully saturated rings. The molecule has 0 aromatic carbocycles. The van der Waals surface area contributed by atoms with Gasteiger partial charge < -0.3 is 14.2 Å². The molecule has 1 unspecified atom stereocenters. The zero-order valence-corrected chi connectivity index (χ0v) is 52.9. The predicted octanol–water partition coefficient (Wildman–Crippen LogP) is 23.9. The SMILES string of the molecule is CC/C=C\C/C=C\C/C=C\C/C=C\CCCCCCCCCCCCCCCCCCCCCCCCC(=O)OCC(COC(=O)CCCCCCCCC)OC(=O)CCCCCCCCCCC/C=C\CCCCCCCC. The molecule has 79 heavy (non-hydrogen) atoms. The Balaban J connectivity index is 3.96. The lowest BCUT2D eigenvalue weighted by Crippen LogP contribution is -2.30. The average molecular weight is 1110 g/mol. The van der Waals surface area contributed by atoms with Crippen molar-refractivity contribution in [2.24, 2.45) is 0 Å². The van der Waals surface area contributed by atoms with Crippen LogP contribution < -0.4 is 0 Å². The molecule has 0 aromatic heterocycles. The molecule has 0 heterocycles. The summed E-state index contributed by atoms with van der Waals surface area (Å²) in [6.45, 7) is 6.53. The zero-order valence-electron chi connectivity index (χ0n) is 52.9. The van der Waals surface area contributed by atoms with Gasteiger partial charge in [-0.3, -0.25) is 14.4 Å². The van der Waals surface area contributed by atoms with Gasteiger partial charge in [-0.05, 0) is 83.5 Å². The van der Waals surface area contributed by atoms with Gasteiger partial charge >= 0.3 is 17.9 Å². The first-order chi connectivity index (χ1) is 39.0. The third kappa shape index (κ3) is 65.8. The van der Waals surface area contributed by atoms with Gasteiger partial charge in [-0.1, -0.05) is 326 Å². The molecule has 1 atom stereocenters. The van der Waals surface area contributed by atoms with Crippen molar-refractivity contribution < 1.29 is 28.6 Å². The van der Waals surface area contributed by atoms with E-state index in [0.717, 1.165) is 83.5 Å². The summed E-state index contributed by atoms with van der Waals surface area (Å²) in [5, 5.41) is 0. The van der Waals surface area contributed by atoms with Gasteiger partial charge in [-0.15, -0.1) is 0 Å². The van der Waals surface area contributed by atoms with Crippen molar-refractivity contribution in [3.05, 3.63) is 60.8 Å². The van der Waals surface area contributed by atoms with Crippen LogP contribution in [0.1, 0.15) is 367 Å². The molecular formula is C73H132O6. The molecule has 0 saturated carbocycles. The van der Waals surface area contributed by atoms with E-state index in [-0.39, 0.29) is 31.1 Å². The third-order valence-electron chi connectivity index (χ3n) is 15.5. The van der Waals surface area contributed by atoms with E-state index in [2.05, 4.69) is 81.5 Å². The number of carbonyl (C=O) groups excluding carboxylic acids is 3. The van der Waals surface area contributed by atoms with Crippen molar-refractivity contribution in [3.8, 4) is 0 Å². The Labute approximate surface area is 491 Å². The lowest BCUT2D eigenvalue weighted by Gasteiger charge is -2.18. The fourth-order valence-corrected chi connectivity index (χ4v) is 10.3. The van der Waals surface area contributed by atoms with Crippen LogP contribution in [-0.2, 0) is 28.6 Å². The van der Waals surface area contributed by atoms with Gasteiger partial charge in [0.15, 0.2) is 6.10 Å². The van der Waals surface area contributed by atoms with Crippen molar-refractivity contribution in [2.75, 3.05) is 13.2 Å². The molecule has 0 spiro atoms. The number of allylic oxidation sites excluding steroid dienone is 10. The van der Waals surface area contributed by atoms with Crippen LogP contribution in [0.2, 0.25) is 0 Å². The molecule has 0 bridgehead atoms. The quantitative estimate of drug-likeness (QED) is 0.0261. The Bertz CT molecular complexity index is 1410. The highest BCUT2D eigenvalue weighted by molar-refractivity contribution is 5.71. The molecule has 0 aliphatic heterocycles. The molecule has 6 nitrogen and oxygen atoms in total. The van der Waals surface area contributed by atoms with Gasteiger partial charge in [0, 0.05) is 19.3 Å². The molecule has 0 rings (SSSR count). The first-order valence-electron chi connectivity index (χ1n) is 34.8. The van der Waals surface area contributed by atoms with Gasteiger partial charge in [0.2, 0.25) is 0 Å². The van der Waals surface area contributed by atoms with Crippen LogP contribution in [0, 0.1) is 0 Å². The summed E-state index contributed by atoms with van der Waals surface area (Å²) < 4.78 is 16.9. The summed E-state index contributed by atoms with van der Waals surface area (Å²) in [5.41, 5.74) is 0. The van der Waals surface area contributed by atoms with Gasteiger partial charge in [0.1, 0.15) is 13.2 Å². The fourth-order valence-electron chi connectivity index (χ4n) is 10.3. The Morgan fingerprint density at radius 1 is 0.266 bits per heavy atom. The normalized spacial score (nSPS) is 12.4. The molecule has 0 N–H and O–H groups in total. The van der Waals surface area contributed by atoms with Crippen molar-refractivity contribution in [1.29, 1.82) is 0 Å². The molecule has 0 aliphatic carbocycles. The molecule has 0 radical (unpaired) electrons. The number of rotatable bonds is 64. The number of ether oxygens (including phenoxy) is 3. The minimum Gasteiger partial charge on any atom is -0.462 e. The van der Waals surface area contributed by atoms with Crippen LogP contribution >= 0.6 is 0 Å². The average Bonchev–Trinajstić information content (AvgIpc) is 3.45. The summed E-state index contributed by atoms with van der Waals surface area (Å²) in [4.78, 5) is 38.1. The smallest absolute Gasteiger partial charge is 0.306 e. The van der Waals surface area contributed by atoms with E-state index in [9.17, 15) is 14.4 Å². The molecule has 6 heteroatoms. The van der Waals surface area contributed by atoms with E-state index in [0.29, 0.717) is 19.3 Å². The predicted molar refractivity (Wildman–Crippen MR) is 344 cm³/mol. The van der Waals surface area contributed by atoms with Crippen LogP contribution in [0.25, 0.3) is 0 Å². The largest absolute Gasteiger partial charge is 0.462 e. The van der Waals surface area contributed by atoms with Gasteiger partial charge in [0.05, 0.1) is 0 Å². The zero-order chi connectivity index (χ0) is 57.1. The first-order valence-corrected chi connectivity index (χ1v) is 34.8. The fraction of sp³-hybridized carbons (Fsp3) is 0.822. The molecule has 0 saturated heterocycles. The second-order valence-corrected chi connectivity index (χ2v) is 23.4. The van der Waals surface area contributed by atoms with Crippen molar-refractivity contribution in [1.82, 2.24) is 0 Å². The molecule has 460 valence electrons. The highest BCUT2D eigenvalue weighted by atomic mass is 16.6. The summed E-state index contributed by atoms with van der Waals surface area (Å²) in [7, 11) is 0.